The van der Waals surface area contributed by atoms with Crippen LogP contribution >= 0.6 is 15.9 Å². The van der Waals surface area contributed by atoms with Gasteiger partial charge in [-0.2, -0.15) is 0 Å². The topological polar surface area (TPSA) is 80.9 Å². The van der Waals surface area contributed by atoms with Crippen molar-refractivity contribution >= 4 is 33.7 Å². The molecule has 0 spiro atoms. The quantitative estimate of drug-likeness (QED) is 0.502. The molecular formula is C23H22BrFN4O. The van der Waals surface area contributed by atoms with Crippen molar-refractivity contribution in [1.82, 2.24) is 9.97 Å². The number of allylic oxidation sites excluding steroid dienone is 1. The average molecular weight is 469 g/mol. The Morgan fingerprint density at radius 2 is 2.13 bits per heavy atom. The Labute approximate surface area is 183 Å². The van der Waals surface area contributed by atoms with E-state index in [1.165, 1.54) is 12.1 Å². The fraction of sp³-hybridized carbons (Fsp3) is 0.174. The Morgan fingerprint density at radius 3 is 2.80 bits per heavy atom. The van der Waals surface area contributed by atoms with E-state index >= 15 is 0 Å². The molecule has 0 radical (unpaired) electrons. The number of rotatable bonds is 8. The second-order valence-corrected chi connectivity index (χ2v) is 7.58. The summed E-state index contributed by atoms with van der Waals surface area (Å²) in [6, 6.07) is 11.9. The lowest BCUT2D eigenvalue weighted by Gasteiger charge is -2.19. The van der Waals surface area contributed by atoms with Crippen LogP contribution in [0.15, 0.2) is 65.4 Å². The van der Waals surface area contributed by atoms with Crippen LogP contribution in [-0.2, 0) is 11.2 Å². The number of hydrogen-bond acceptors (Lipinski definition) is 4. The van der Waals surface area contributed by atoms with Gasteiger partial charge in [0.05, 0.1) is 11.6 Å². The van der Waals surface area contributed by atoms with Gasteiger partial charge in [0, 0.05) is 29.0 Å². The van der Waals surface area contributed by atoms with E-state index in [1.54, 1.807) is 24.5 Å². The molecule has 3 rings (SSSR count). The minimum atomic E-state index is -0.709. The SMILES string of the molecule is C/C=C/c1nc(NCCc2cccc(F)c2)c(C(C(N)=O)c2cccnc2)cc1Br. The molecule has 0 saturated heterocycles. The highest BCUT2D eigenvalue weighted by Crippen LogP contribution is 2.33. The summed E-state index contributed by atoms with van der Waals surface area (Å²) in [6.45, 7) is 2.42. The zero-order valence-electron chi connectivity index (χ0n) is 16.5. The highest BCUT2D eigenvalue weighted by Gasteiger charge is 2.25. The van der Waals surface area contributed by atoms with E-state index in [0.29, 0.717) is 29.9 Å². The smallest absolute Gasteiger partial charge is 0.229 e. The number of halogens is 2. The molecule has 1 amide bonds. The highest BCUT2D eigenvalue weighted by molar-refractivity contribution is 9.10. The third-order valence-electron chi connectivity index (χ3n) is 4.57. The zero-order valence-corrected chi connectivity index (χ0v) is 18.1. The van der Waals surface area contributed by atoms with Crippen molar-refractivity contribution in [3.63, 3.8) is 0 Å². The number of amides is 1. The lowest BCUT2D eigenvalue weighted by atomic mass is 9.91. The van der Waals surface area contributed by atoms with Gasteiger partial charge in [-0.3, -0.25) is 9.78 Å². The number of nitrogens with two attached hydrogens (primary N) is 1. The number of pyridine rings is 2. The molecule has 1 aromatic carbocycles. The fourth-order valence-corrected chi connectivity index (χ4v) is 3.68. The van der Waals surface area contributed by atoms with Crippen LogP contribution in [0.1, 0.15) is 35.2 Å². The summed E-state index contributed by atoms with van der Waals surface area (Å²) in [4.78, 5) is 21.2. The van der Waals surface area contributed by atoms with Gasteiger partial charge in [0.2, 0.25) is 5.91 Å². The van der Waals surface area contributed by atoms with Gasteiger partial charge < -0.3 is 11.1 Å². The Kier molecular flexibility index (Phi) is 7.30. The number of benzene rings is 1. The molecule has 3 N–H and O–H groups in total. The van der Waals surface area contributed by atoms with Gasteiger partial charge in [0.1, 0.15) is 11.6 Å². The van der Waals surface area contributed by atoms with Crippen molar-refractivity contribution in [1.29, 1.82) is 0 Å². The van der Waals surface area contributed by atoms with Gasteiger partial charge in [-0.1, -0.05) is 24.3 Å². The molecule has 2 aromatic heterocycles. The molecule has 154 valence electrons. The first-order chi connectivity index (χ1) is 14.5. The van der Waals surface area contributed by atoms with Crippen molar-refractivity contribution in [2.45, 2.75) is 19.3 Å². The summed E-state index contributed by atoms with van der Waals surface area (Å²) in [7, 11) is 0. The molecule has 3 aromatic rings. The molecule has 0 fully saturated rings. The van der Waals surface area contributed by atoms with Gasteiger partial charge in [-0.15, -0.1) is 0 Å². The lowest BCUT2D eigenvalue weighted by molar-refractivity contribution is -0.118. The molecule has 0 bridgehead atoms. The van der Waals surface area contributed by atoms with Crippen molar-refractivity contribution in [2.24, 2.45) is 5.73 Å². The monoisotopic (exact) mass is 468 g/mol. The lowest BCUT2D eigenvalue weighted by Crippen LogP contribution is -2.24. The number of carbonyl (C=O) groups is 1. The van der Waals surface area contributed by atoms with E-state index in [-0.39, 0.29) is 5.82 Å². The summed E-state index contributed by atoms with van der Waals surface area (Å²) in [5, 5.41) is 3.30. The summed E-state index contributed by atoms with van der Waals surface area (Å²) < 4.78 is 14.2. The first kappa shape index (κ1) is 21.6. The summed E-state index contributed by atoms with van der Waals surface area (Å²) in [5.41, 5.74) is 8.69. The maximum absolute atomic E-state index is 13.4. The molecule has 5 nitrogen and oxygen atoms in total. The van der Waals surface area contributed by atoms with Crippen molar-refractivity contribution in [2.75, 3.05) is 11.9 Å². The summed E-state index contributed by atoms with van der Waals surface area (Å²) >= 11 is 3.53. The van der Waals surface area contributed by atoms with Crippen LogP contribution in [0.2, 0.25) is 0 Å². The Balaban J connectivity index is 1.96. The maximum atomic E-state index is 13.4. The van der Waals surface area contributed by atoms with E-state index in [0.717, 1.165) is 15.7 Å². The number of nitrogens with zero attached hydrogens (tertiary/aromatic N) is 2. The zero-order chi connectivity index (χ0) is 21.5. The van der Waals surface area contributed by atoms with E-state index < -0.39 is 11.8 Å². The van der Waals surface area contributed by atoms with Crippen LogP contribution < -0.4 is 11.1 Å². The van der Waals surface area contributed by atoms with E-state index in [2.05, 4.69) is 26.2 Å². The van der Waals surface area contributed by atoms with E-state index in [4.69, 9.17) is 10.7 Å². The van der Waals surface area contributed by atoms with Crippen LogP contribution in [0.5, 0.6) is 0 Å². The molecule has 7 heteroatoms. The van der Waals surface area contributed by atoms with Crippen LogP contribution in [0, 0.1) is 5.82 Å². The van der Waals surface area contributed by atoms with Gasteiger partial charge in [0.15, 0.2) is 0 Å². The Bertz CT molecular complexity index is 1060. The molecule has 1 unspecified atom stereocenters. The van der Waals surface area contributed by atoms with E-state index in [9.17, 15) is 9.18 Å². The number of aromatic nitrogens is 2. The van der Waals surface area contributed by atoms with Crippen molar-refractivity contribution in [3.05, 3.63) is 93.6 Å². The predicted octanol–water partition coefficient (Wildman–Crippen LogP) is 4.68. The third-order valence-corrected chi connectivity index (χ3v) is 5.20. The number of anilines is 1. The van der Waals surface area contributed by atoms with Gasteiger partial charge in [-0.05, 0) is 70.7 Å². The normalized spacial score (nSPS) is 12.1. The molecule has 0 aliphatic carbocycles. The Hall–Kier alpha value is -3.06. The predicted molar refractivity (Wildman–Crippen MR) is 121 cm³/mol. The average Bonchev–Trinajstić information content (AvgIpc) is 2.72. The Morgan fingerprint density at radius 1 is 1.30 bits per heavy atom. The van der Waals surface area contributed by atoms with Gasteiger partial charge >= 0.3 is 0 Å². The summed E-state index contributed by atoms with van der Waals surface area (Å²) in [6.07, 6.45) is 7.62. The van der Waals surface area contributed by atoms with Crippen molar-refractivity contribution < 1.29 is 9.18 Å². The largest absolute Gasteiger partial charge is 0.369 e. The van der Waals surface area contributed by atoms with Crippen LogP contribution in [0.25, 0.3) is 6.08 Å². The van der Waals surface area contributed by atoms with Crippen molar-refractivity contribution in [3.8, 4) is 0 Å². The number of hydrogen-bond donors (Lipinski definition) is 2. The van der Waals surface area contributed by atoms with Crippen LogP contribution in [0.4, 0.5) is 10.2 Å². The second-order valence-electron chi connectivity index (χ2n) is 6.72. The second kappa shape index (κ2) is 10.1. The summed E-state index contributed by atoms with van der Waals surface area (Å²) in [5.74, 6) is -0.923. The minimum Gasteiger partial charge on any atom is -0.369 e. The molecule has 1 atom stereocenters. The van der Waals surface area contributed by atoms with E-state index in [1.807, 2.05) is 37.3 Å². The molecule has 2 heterocycles. The first-order valence-corrected chi connectivity index (χ1v) is 10.3. The number of primary amides is 1. The molecule has 0 saturated carbocycles. The number of carbonyl (C=O) groups excluding carboxylic acids is 1. The molecule has 0 aliphatic heterocycles. The molecule has 0 aliphatic rings. The van der Waals surface area contributed by atoms with Gasteiger partial charge in [-0.25, -0.2) is 9.37 Å². The first-order valence-electron chi connectivity index (χ1n) is 9.50. The van der Waals surface area contributed by atoms with Crippen LogP contribution in [-0.4, -0.2) is 22.4 Å². The molecular weight excluding hydrogens is 447 g/mol. The third kappa shape index (κ3) is 5.30. The fourth-order valence-electron chi connectivity index (χ4n) is 3.22. The molecule has 30 heavy (non-hydrogen) atoms. The minimum absolute atomic E-state index is 0.268. The van der Waals surface area contributed by atoms with Crippen LogP contribution in [0.3, 0.4) is 0 Å². The highest BCUT2D eigenvalue weighted by atomic mass is 79.9. The maximum Gasteiger partial charge on any atom is 0.229 e. The number of nitrogens with one attached hydrogen (secondary N) is 1. The van der Waals surface area contributed by atoms with Gasteiger partial charge in [0.25, 0.3) is 0 Å². The standard InChI is InChI=1S/C23H22BrFN4O/c1-2-5-20-19(24)13-18(21(22(26)30)16-7-4-10-27-14-16)23(29-20)28-11-9-15-6-3-8-17(25)12-15/h2-8,10,12-14,21H,9,11H2,1H3,(H2,26,30)(H,28,29)/b5-2+.